The van der Waals surface area contributed by atoms with Crippen LogP contribution in [0.4, 0.5) is 5.69 Å². The van der Waals surface area contributed by atoms with Gasteiger partial charge in [-0.05, 0) is 37.6 Å². The fourth-order valence-corrected chi connectivity index (χ4v) is 3.80. The Balaban J connectivity index is 0.00000256. The lowest BCUT2D eigenvalue weighted by molar-refractivity contribution is 0.284. The quantitative estimate of drug-likeness (QED) is 0.590. The van der Waals surface area contributed by atoms with Crippen molar-refractivity contribution in [1.29, 1.82) is 0 Å². The number of nitrogens with zero attached hydrogens (tertiary/aromatic N) is 6. The normalized spacial score (nSPS) is 14.8. The Hall–Kier alpha value is -2.41. The topological polar surface area (TPSA) is 50.1 Å². The molecule has 2 aromatic heterocycles. The van der Waals surface area contributed by atoms with Crippen LogP contribution in [0.5, 0.6) is 0 Å². The Labute approximate surface area is 188 Å². The van der Waals surface area contributed by atoms with Crippen LogP contribution in [0, 0.1) is 13.8 Å². The van der Waals surface area contributed by atoms with Gasteiger partial charge in [0.15, 0.2) is 0 Å². The van der Waals surface area contributed by atoms with Gasteiger partial charge in [0, 0.05) is 61.4 Å². The van der Waals surface area contributed by atoms with Crippen LogP contribution < -0.4 is 4.90 Å². The van der Waals surface area contributed by atoms with Crippen molar-refractivity contribution in [3.8, 4) is 5.95 Å². The highest BCUT2D eigenvalue weighted by atomic mass is 35.5. The average molecular weight is 445 g/mol. The van der Waals surface area contributed by atoms with Gasteiger partial charge in [-0.15, -0.1) is 12.4 Å². The first-order valence-corrected chi connectivity index (χ1v) is 10.2. The van der Waals surface area contributed by atoms with E-state index in [9.17, 15) is 0 Å². The van der Waals surface area contributed by atoms with Gasteiger partial charge in [0.05, 0.1) is 11.9 Å². The van der Waals surface area contributed by atoms with Gasteiger partial charge in [-0.2, -0.15) is 5.10 Å². The Kier molecular flexibility index (Phi) is 7.48. The summed E-state index contributed by atoms with van der Waals surface area (Å²) in [7, 11) is 0. The van der Waals surface area contributed by atoms with Crippen LogP contribution in [-0.2, 0) is 0 Å². The summed E-state index contributed by atoms with van der Waals surface area (Å²) < 4.78 is 1.77. The molecule has 1 saturated heterocycles. The summed E-state index contributed by atoms with van der Waals surface area (Å²) >= 11 is 6.28. The Morgan fingerprint density at radius 1 is 1.03 bits per heavy atom. The summed E-state index contributed by atoms with van der Waals surface area (Å²) in [5, 5.41) is 5.26. The van der Waals surface area contributed by atoms with E-state index in [1.54, 1.807) is 23.1 Å². The zero-order valence-electron chi connectivity index (χ0n) is 17.2. The van der Waals surface area contributed by atoms with Crippen LogP contribution in [0.15, 0.2) is 48.9 Å². The average Bonchev–Trinajstić information content (AvgIpc) is 3.12. The lowest BCUT2D eigenvalue weighted by Crippen LogP contribution is -2.46. The first kappa shape index (κ1) is 22.3. The Morgan fingerprint density at radius 2 is 1.77 bits per heavy atom. The molecule has 0 bridgehead atoms. The van der Waals surface area contributed by atoms with Gasteiger partial charge in [-0.1, -0.05) is 29.8 Å². The standard InChI is InChI=1S/C22H25ClN6.ClH/c1-17-20(23)7-3-8-21(17)28-14-12-27(13-15-28)11-4-6-19-16-26-29(18(19)2)22-24-9-5-10-25-22;/h3-10,16H,11-15H2,1-2H3;1H/b6-4+;. The molecule has 1 aliphatic heterocycles. The van der Waals surface area contributed by atoms with Crippen molar-refractivity contribution in [2.45, 2.75) is 13.8 Å². The van der Waals surface area contributed by atoms with Crippen molar-refractivity contribution >= 4 is 35.8 Å². The third-order valence-electron chi connectivity index (χ3n) is 5.40. The molecule has 4 rings (SSSR count). The molecule has 1 fully saturated rings. The predicted octanol–water partition coefficient (Wildman–Crippen LogP) is 4.19. The van der Waals surface area contributed by atoms with Crippen molar-refractivity contribution in [1.82, 2.24) is 24.6 Å². The Morgan fingerprint density at radius 3 is 2.50 bits per heavy atom. The van der Waals surface area contributed by atoms with E-state index in [2.05, 4.69) is 50.0 Å². The minimum absolute atomic E-state index is 0. The van der Waals surface area contributed by atoms with Crippen LogP contribution >= 0.6 is 24.0 Å². The number of rotatable bonds is 5. The summed E-state index contributed by atoms with van der Waals surface area (Å²) in [4.78, 5) is 13.4. The van der Waals surface area contributed by atoms with Gasteiger partial charge in [0.1, 0.15) is 0 Å². The number of hydrogen-bond donors (Lipinski definition) is 0. The van der Waals surface area contributed by atoms with E-state index >= 15 is 0 Å². The first-order chi connectivity index (χ1) is 14.1. The number of piperazine rings is 1. The number of anilines is 1. The summed E-state index contributed by atoms with van der Waals surface area (Å²) in [6.45, 7) is 9.15. The molecule has 0 N–H and O–H groups in total. The maximum absolute atomic E-state index is 6.28. The minimum Gasteiger partial charge on any atom is -0.369 e. The molecule has 158 valence electrons. The van der Waals surface area contributed by atoms with Crippen molar-refractivity contribution in [3.63, 3.8) is 0 Å². The highest BCUT2D eigenvalue weighted by Gasteiger charge is 2.18. The molecule has 0 atom stereocenters. The number of hydrogen-bond acceptors (Lipinski definition) is 5. The molecule has 30 heavy (non-hydrogen) atoms. The smallest absolute Gasteiger partial charge is 0.250 e. The summed E-state index contributed by atoms with van der Waals surface area (Å²) in [6.07, 6.45) is 9.66. The van der Waals surface area contributed by atoms with Crippen molar-refractivity contribution in [2.75, 3.05) is 37.6 Å². The highest BCUT2D eigenvalue weighted by Crippen LogP contribution is 2.27. The third-order valence-corrected chi connectivity index (χ3v) is 5.81. The van der Waals surface area contributed by atoms with E-state index in [-0.39, 0.29) is 12.4 Å². The van der Waals surface area contributed by atoms with Gasteiger partial charge in [0.2, 0.25) is 0 Å². The third kappa shape index (κ3) is 4.83. The summed E-state index contributed by atoms with van der Waals surface area (Å²) in [5.41, 5.74) is 4.54. The molecule has 3 heterocycles. The first-order valence-electron chi connectivity index (χ1n) is 9.84. The second-order valence-electron chi connectivity index (χ2n) is 7.22. The molecular formula is C22H26Cl2N6. The maximum atomic E-state index is 6.28. The largest absolute Gasteiger partial charge is 0.369 e. The molecule has 0 saturated carbocycles. The fraction of sp³-hybridized carbons (Fsp3) is 0.318. The monoisotopic (exact) mass is 444 g/mol. The molecule has 0 unspecified atom stereocenters. The second-order valence-corrected chi connectivity index (χ2v) is 7.63. The molecule has 6 nitrogen and oxygen atoms in total. The molecule has 0 spiro atoms. The molecule has 0 radical (unpaired) electrons. The van der Waals surface area contributed by atoms with Gasteiger partial charge in [-0.25, -0.2) is 14.6 Å². The van der Waals surface area contributed by atoms with Crippen LogP contribution in [0.3, 0.4) is 0 Å². The lowest BCUT2D eigenvalue weighted by Gasteiger charge is -2.36. The second kappa shape index (κ2) is 10.1. The Bertz CT molecular complexity index is 994. The van der Waals surface area contributed by atoms with E-state index in [0.717, 1.165) is 54.6 Å². The number of benzene rings is 1. The fourth-order valence-electron chi connectivity index (χ4n) is 3.63. The van der Waals surface area contributed by atoms with Crippen molar-refractivity contribution in [3.05, 3.63) is 70.8 Å². The molecule has 1 aromatic carbocycles. The number of halogens is 2. The number of aromatic nitrogens is 4. The van der Waals surface area contributed by atoms with E-state index < -0.39 is 0 Å². The molecule has 0 aliphatic carbocycles. The molecule has 0 amide bonds. The summed E-state index contributed by atoms with van der Waals surface area (Å²) in [6, 6.07) is 7.95. The zero-order valence-corrected chi connectivity index (χ0v) is 18.8. The van der Waals surface area contributed by atoms with Crippen molar-refractivity contribution in [2.24, 2.45) is 0 Å². The molecule has 8 heteroatoms. The minimum atomic E-state index is 0. The van der Waals surface area contributed by atoms with E-state index in [1.807, 2.05) is 25.3 Å². The summed E-state index contributed by atoms with van der Waals surface area (Å²) in [5.74, 6) is 0.595. The zero-order chi connectivity index (χ0) is 20.2. The molecule has 3 aromatic rings. The van der Waals surface area contributed by atoms with Crippen molar-refractivity contribution < 1.29 is 0 Å². The van der Waals surface area contributed by atoms with Gasteiger partial charge in [0.25, 0.3) is 5.95 Å². The van der Waals surface area contributed by atoms with Crippen LogP contribution in [0.2, 0.25) is 5.02 Å². The van der Waals surface area contributed by atoms with E-state index in [4.69, 9.17) is 11.6 Å². The highest BCUT2D eigenvalue weighted by molar-refractivity contribution is 6.31. The van der Waals surface area contributed by atoms with Crippen LogP contribution in [-0.4, -0.2) is 57.4 Å². The molecule has 1 aliphatic rings. The van der Waals surface area contributed by atoms with Gasteiger partial charge >= 0.3 is 0 Å². The van der Waals surface area contributed by atoms with E-state index in [0.29, 0.717) is 5.95 Å². The van der Waals surface area contributed by atoms with Gasteiger partial charge < -0.3 is 4.90 Å². The van der Waals surface area contributed by atoms with Crippen LogP contribution in [0.1, 0.15) is 16.8 Å². The maximum Gasteiger partial charge on any atom is 0.250 e. The van der Waals surface area contributed by atoms with Gasteiger partial charge in [-0.3, -0.25) is 4.90 Å². The molecular weight excluding hydrogens is 419 g/mol. The van der Waals surface area contributed by atoms with Crippen LogP contribution in [0.25, 0.3) is 12.0 Å². The van der Waals surface area contributed by atoms with E-state index in [1.165, 1.54) is 5.69 Å². The SMILES string of the molecule is Cc1c(Cl)cccc1N1CCN(C/C=C/c2cnn(-c3ncccn3)c2C)CC1.Cl. The lowest BCUT2D eigenvalue weighted by atomic mass is 10.1. The predicted molar refractivity (Wildman–Crippen MR) is 125 cm³/mol.